The van der Waals surface area contributed by atoms with Gasteiger partial charge in [0, 0.05) is 44.8 Å². The summed E-state index contributed by atoms with van der Waals surface area (Å²) in [5, 5.41) is 10.3. The maximum absolute atomic E-state index is 12.9. The van der Waals surface area contributed by atoms with Crippen LogP contribution in [0.15, 0.2) is 42.5 Å². The van der Waals surface area contributed by atoms with Crippen LogP contribution in [0.2, 0.25) is 0 Å². The zero-order valence-corrected chi connectivity index (χ0v) is 17.5. The van der Waals surface area contributed by atoms with E-state index in [0.29, 0.717) is 51.4 Å². The molecule has 3 rings (SSSR count). The van der Waals surface area contributed by atoms with Crippen molar-refractivity contribution in [2.45, 2.75) is 32.5 Å². The average Bonchev–Trinajstić information content (AvgIpc) is 2.71. The van der Waals surface area contributed by atoms with Gasteiger partial charge in [0.2, 0.25) is 0 Å². The van der Waals surface area contributed by atoms with Gasteiger partial charge in [-0.25, -0.2) is 0 Å². The molecule has 1 heterocycles. The van der Waals surface area contributed by atoms with Crippen molar-refractivity contribution in [2.24, 2.45) is 0 Å². The summed E-state index contributed by atoms with van der Waals surface area (Å²) >= 11 is 0. The molecule has 1 saturated heterocycles. The Labute approximate surface area is 175 Å². The number of rotatable bonds is 7. The minimum atomic E-state index is -4.33. The Balaban J connectivity index is 1.41. The van der Waals surface area contributed by atoms with Gasteiger partial charge in [0.25, 0.3) is 0 Å². The van der Waals surface area contributed by atoms with Crippen LogP contribution in [0.4, 0.5) is 18.9 Å². The van der Waals surface area contributed by atoms with Crippen molar-refractivity contribution in [1.82, 2.24) is 4.90 Å². The molecule has 1 atom stereocenters. The highest BCUT2D eigenvalue weighted by atomic mass is 19.4. The number of β-amino-alcohol motifs (C(OH)–C–C–N with tert-alkyl or cyclic N) is 1. The van der Waals surface area contributed by atoms with Crippen LogP contribution in [0, 0.1) is 13.8 Å². The summed E-state index contributed by atoms with van der Waals surface area (Å²) in [6.45, 7) is 7.73. The minimum absolute atomic E-state index is 0.438. The monoisotopic (exact) mass is 422 g/mol. The Hall–Kier alpha value is -2.25. The lowest BCUT2D eigenvalue weighted by Gasteiger charge is -2.37. The van der Waals surface area contributed by atoms with Gasteiger partial charge in [-0.05, 0) is 55.3 Å². The molecule has 1 N–H and O–H groups in total. The van der Waals surface area contributed by atoms with Crippen LogP contribution < -0.4 is 9.64 Å². The van der Waals surface area contributed by atoms with Crippen molar-refractivity contribution in [1.29, 1.82) is 0 Å². The molecule has 1 fully saturated rings. The van der Waals surface area contributed by atoms with E-state index >= 15 is 0 Å². The molecule has 1 unspecified atom stereocenters. The number of hydrogen-bond donors (Lipinski definition) is 1. The third-order valence-corrected chi connectivity index (χ3v) is 5.58. The van der Waals surface area contributed by atoms with Crippen molar-refractivity contribution in [3.8, 4) is 5.75 Å². The molecule has 0 radical (unpaired) electrons. The van der Waals surface area contributed by atoms with Crippen LogP contribution in [0.5, 0.6) is 5.75 Å². The predicted molar refractivity (Wildman–Crippen MR) is 112 cm³/mol. The van der Waals surface area contributed by atoms with Crippen LogP contribution in [-0.4, -0.2) is 55.4 Å². The topological polar surface area (TPSA) is 35.9 Å². The van der Waals surface area contributed by atoms with Crippen molar-refractivity contribution in [3.05, 3.63) is 59.2 Å². The summed E-state index contributed by atoms with van der Waals surface area (Å²) in [4.78, 5) is 4.10. The second-order valence-corrected chi connectivity index (χ2v) is 7.87. The summed E-state index contributed by atoms with van der Waals surface area (Å²) in [6, 6.07) is 11.4. The highest BCUT2D eigenvalue weighted by molar-refractivity contribution is 5.49. The van der Waals surface area contributed by atoms with Crippen molar-refractivity contribution in [3.63, 3.8) is 0 Å². The predicted octanol–water partition coefficient (Wildman–Crippen LogP) is 4.27. The molecule has 0 bridgehead atoms. The first-order chi connectivity index (χ1) is 14.2. The Morgan fingerprint density at radius 3 is 2.40 bits per heavy atom. The highest BCUT2D eigenvalue weighted by Gasteiger charge is 2.31. The maximum Gasteiger partial charge on any atom is 0.416 e. The minimum Gasteiger partial charge on any atom is -0.493 e. The lowest BCUT2D eigenvalue weighted by atomic mass is 10.1. The van der Waals surface area contributed by atoms with Gasteiger partial charge < -0.3 is 14.7 Å². The van der Waals surface area contributed by atoms with Crippen molar-refractivity contribution < 1.29 is 23.0 Å². The van der Waals surface area contributed by atoms with E-state index < -0.39 is 17.8 Å². The molecule has 0 amide bonds. The number of aryl methyl sites for hydroxylation is 2. The molecule has 0 aliphatic carbocycles. The summed E-state index contributed by atoms with van der Waals surface area (Å²) in [5.41, 5.74) is 2.35. The first kappa shape index (κ1) is 22.4. The van der Waals surface area contributed by atoms with E-state index in [-0.39, 0.29) is 0 Å². The molecule has 2 aromatic carbocycles. The van der Waals surface area contributed by atoms with E-state index in [1.165, 1.54) is 23.3 Å². The van der Waals surface area contributed by atoms with Gasteiger partial charge in [-0.1, -0.05) is 12.1 Å². The Morgan fingerprint density at radius 1 is 1.00 bits per heavy atom. The van der Waals surface area contributed by atoms with Crippen molar-refractivity contribution >= 4 is 5.69 Å². The zero-order valence-electron chi connectivity index (χ0n) is 17.5. The highest BCUT2D eigenvalue weighted by Crippen LogP contribution is 2.31. The number of alkyl halides is 3. The summed E-state index contributed by atoms with van der Waals surface area (Å²) in [5.74, 6) is 0.806. The fraction of sp³-hybridized carbons (Fsp3) is 0.478. The molecule has 0 aromatic heterocycles. The number of halogens is 3. The quantitative estimate of drug-likeness (QED) is 0.723. The Morgan fingerprint density at radius 2 is 1.73 bits per heavy atom. The standard InChI is InChI=1S/C23H29F3N2O2/c1-17-6-7-22(14-18(17)2)30-13-8-21(29)16-27-9-11-28(12-10-27)20-5-3-4-19(15-20)23(24,25)26/h3-7,14-15,21,29H,8-13,16H2,1-2H3. The van der Waals surface area contributed by atoms with Crippen LogP contribution in [0.1, 0.15) is 23.1 Å². The van der Waals surface area contributed by atoms with Gasteiger partial charge in [0.05, 0.1) is 18.3 Å². The molecule has 2 aromatic rings. The number of anilines is 1. The molecule has 0 spiro atoms. The van der Waals surface area contributed by atoms with Crippen molar-refractivity contribution in [2.75, 3.05) is 44.2 Å². The summed E-state index contributed by atoms with van der Waals surface area (Å²) < 4.78 is 44.5. The Kier molecular flexibility index (Phi) is 7.26. The van der Waals surface area contributed by atoms with Gasteiger partial charge in [-0.15, -0.1) is 0 Å². The van der Waals surface area contributed by atoms with E-state index in [9.17, 15) is 18.3 Å². The van der Waals surface area contributed by atoms with Gasteiger partial charge in [-0.3, -0.25) is 4.90 Å². The molecular formula is C23H29F3N2O2. The van der Waals surface area contributed by atoms with E-state index in [2.05, 4.69) is 11.8 Å². The zero-order chi connectivity index (χ0) is 21.7. The third-order valence-electron chi connectivity index (χ3n) is 5.58. The average molecular weight is 422 g/mol. The summed E-state index contributed by atoms with van der Waals surface area (Å²) in [6.07, 6.45) is -4.31. The Bertz CT molecular complexity index is 833. The molecule has 7 heteroatoms. The molecule has 30 heavy (non-hydrogen) atoms. The lowest BCUT2D eigenvalue weighted by Crippen LogP contribution is -2.48. The van der Waals surface area contributed by atoms with Gasteiger partial charge in [0.1, 0.15) is 5.75 Å². The SMILES string of the molecule is Cc1ccc(OCCC(O)CN2CCN(c3cccc(C(F)(F)F)c3)CC2)cc1C. The van der Waals surface area contributed by atoms with Crippen LogP contribution >= 0.6 is 0 Å². The molecular weight excluding hydrogens is 393 g/mol. The molecule has 4 nitrogen and oxygen atoms in total. The molecule has 1 aliphatic heterocycles. The second-order valence-electron chi connectivity index (χ2n) is 7.87. The normalized spacial score (nSPS) is 16.5. The van der Waals surface area contributed by atoms with Gasteiger partial charge >= 0.3 is 6.18 Å². The number of aliphatic hydroxyl groups is 1. The molecule has 0 saturated carbocycles. The van der Waals surface area contributed by atoms with Gasteiger partial charge in [0.15, 0.2) is 0 Å². The number of ether oxygens (including phenoxy) is 1. The molecule has 164 valence electrons. The third kappa shape index (κ3) is 6.12. The number of nitrogens with zero attached hydrogens (tertiary/aromatic N) is 2. The van der Waals surface area contributed by atoms with E-state index in [4.69, 9.17) is 4.74 Å². The summed E-state index contributed by atoms with van der Waals surface area (Å²) in [7, 11) is 0. The first-order valence-electron chi connectivity index (χ1n) is 10.2. The largest absolute Gasteiger partial charge is 0.493 e. The van der Waals surface area contributed by atoms with Gasteiger partial charge in [-0.2, -0.15) is 13.2 Å². The first-order valence-corrected chi connectivity index (χ1v) is 10.2. The van der Waals surface area contributed by atoms with Crippen LogP contribution in [-0.2, 0) is 6.18 Å². The number of benzene rings is 2. The second kappa shape index (κ2) is 9.71. The maximum atomic E-state index is 12.9. The van der Waals surface area contributed by atoms with E-state index in [1.54, 1.807) is 6.07 Å². The lowest BCUT2D eigenvalue weighted by molar-refractivity contribution is -0.137. The smallest absolute Gasteiger partial charge is 0.416 e. The number of hydrogen-bond acceptors (Lipinski definition) is 4. The fourth-order valence-corrected chi connectivity index (χ4v) is 3.57. The van der Waals surface area contributed by atoms with Crippen LogP contribution in [0.3, 0.4) is 0 Å². The molecule has 1 aliphatic rings. The van der Waals surface area contributed by atoms with Crippen LogP contribution in [0.25, 0.3) is 0 Å². The fourth-order valence-electron chi connectivity index (χ4n) is 3.57. The number of piperazine rings is 1. The van der Waals surface area contributed by atoms with E-state index in [0.717, 1.165) is 11.8 Å². The van der Waals surface area contributed by atoms with E-state index in [1.807, 2.05) is 30.0 Å². The number of aliphatic hydroxyl groups excluding tert-OH is 1.